The Morgan fingerprint density at radius 1 is 0.600 bits per heavy atom. The molecule has 1 aromatic carbocycles. The van der Waals surface area contributed by atoms with E-state index in [-0.39, 0.29) is 49.0 Å². The molecule has 0 atom stereocenters. The third-order valence-electron chi connectivity index (χ3n) is 5.67. The molecule has 0 aromatic heterocycles. The van der Waals surface area contributed by atoms with E-state index in [1.165, 1.54) is 115 Å². The van der Waals surface area contributed by atoms with E-state index in [0.29, 0.717) is 0 Å². The largest absolute Gasteiger partial charge is 2.00 e. The van der Waals surface area contributed by atoms with Crippen LogP contribution in [0.2, 0.25) is 0 Å². The van der Waals surface area contributed by atoms with Gasteiger partial charge < -0.3 is 13.6 Å². The average Bonchev–Trinajstić information content (AvgIpc) is 2.68. The summed E-state index contributed by atoms with van der Waals surface area (Å²) in [4.78, 5) is 0. The van der Waals surface area contributed by atoms with Gasteiger partial charge in [-0.3, -0.25) is 0 Å². The molecule has 1 rings (SSSR count). The fraction of sp³-hybridized carbons (Fsp3) is 0.704. The van der Waals surface area contributed by atoms with Gasteiger partial charge in [-0.2, -0.15) is 23.6 Å². The Hall–Kier alpha value is 0.106. The molecular formula is C27H52ClMgN. The van der Waals surface area contributed by atoms with Crippen LogP contribution in [-0.2, 0) is 0 Å². The Morgan fingerprint density at radius 2 is 0.933 bits per heavy atom. The van der Waals surface area contributed by atoms with Gasteiger partial charge in [-0.05, 0) is 0 Å². The number of benzene rings is 1. The molecule has 0 spiro atoms. The fourth-order valence-corrected chi connectivity index (χ4v) is 3.81. The molecule has 1 nitrogen and oxygen atoms in total. The molecule has 1 aromatic rings. The predicted octanol–water partition coefficient (Wildman–Crippen LogP) is 9.93. The standard InChI is InChI=1S/C26H45.CH3.ClH.Mg.H3N/c1-3-4-5-6-7-8-9-10-11-12-13-14-15-16-17-19-22-25(2)26-23-20-18-21-24-26;;;;/h18,20-21,23-24H,3-17,19,22H2,1-2H3;1H3;1H;;1H3/q2*-1;;+2;. The molecule has 0 aliphatic carbocycles. The van der Waals surface area contributed by atoms with Gasteiger partial charge >= 0.3 is 23.1 Å². The van der Waals surface area contributed by atoms with E-state index in [2.05, 4.69) is 44.2 Å². The van der Waals surface area contributed by atoms with Crippen molar-refractivity contribution in [3.05, 3.63) is 49.2 Å². The van der Waals surface area contributed by atoms with E-state index in [0.717, 1.165) is 0 Å². The summed E-state index contributed by atoms with van der Waals surface area (Å²) < 4.78 is 0. The first-order chi connectivity index (χ1) is 12.8. The first-order valence-corrected chi connectivity index (χ1v) is 11.7. The minimum Gasteiger partial charge on any atom is -0.358 e. The van der Waals surface area contributed by atoms with Crippen molar-refractivity contribution >= 4 is 35.5 Å². The number of hydrogen-bond donors (Lipinski definition) is 1. The third-order valence-corrected chi connectivity index (χ3v) is 5.67. The molecule has 0 saturated carbocycles. The van der Waals surface area contributed by atoms with Crippen molar-refractivity contribution in [2.75, 3.05) is 0 Å². The monoisotopic (exact) mass is 449 g/mol. The second kappa shape index (κ2) is 29.1. The molecule has 0 bridgehead atoms. The smallest absolute Gasteiger partial charge is 0.358 e. The van der Waals surface area contributed by atoms with E-state index in [1.807, 2.05) is 0 Å². The zero-order valence-corrected chi connectivity index (χ0v) is 23.0. The van der Waals surface area contributed by atoms with Crippen LogP contribution in [0.1, 0.15) is 129 Å². The molecule has 0 aliphatic rings. The summed E-state index contributed by atoms with van der Waals surface area (Å²) in [7, 11) is 0. The van der Waals surface area contributed by atoms with Gasteiger partial charge in [0.2, 0.25) is 0 Å². The minimum absolute atomic E-state index is 0. The first-order valence-electron chi connectivity index (χ1n) is 11.7. The molecule has 30 heavy (non-hydrogen) atoms. The van der Waals surface area contributed by atoms with Gasteiger partial charge in [0.1, 0.15) is 0 Å². The Morgan fingerprint density at radius 3 is 1.30 bits per heavy atom. The fourth-order valence-electron chi connectivity index (χ4n) is 3.81. The van der Waals surface area contributed by atoms with Gasteiger partial charge in [-0.25, -0.2) is 0 Å². The SMILES string of the molecule is CCCCCCCCCCCCCCCCCC[C-](C)c1ccccc1.Cl.N.[CH3-].[Mg+2]. The van der Waals surface area contributed by atoms with Crippen LogP contribution in [0, 0.1) is 13.3 Å². The van der Waals surface area contributed by atoms with E-state index in [1.54, 1.807) is 5.92 Å². The normalized spacial score (nSPS) is 9.53. The second-order valence-electron chi connectivity index (χ2n) is 8.20. The van der Waals surface area contributed by atoms with Gasteiger partial charge in [0.25, 0.3) is 0 Å². The maximum absolute atomic E-state index is 2.30. The minimum atomic E-state index is 0. The molecule has 3 N–H and O–H groups in total. The van der Waals surface area contributed by atoms with Gasteiger partial charge in [0.15, 0.2) is 0 Å². The quantitative estimate of drug-likeness (QED) is 0.135. The summed E-state index contributed by atoms with van der Waals surface area (Å²) in [5.74, 6) is 1.55. The van der Waals surface area contributed by atoms with Crippen molar-refractivity contribution in [3.63, 3.8) is 0 Å². The molecule has 0 unspecified atom stereocenters. The van der Waals surface area contributed by atoms with E-state index in [9.17, 15) is 0 Å². The molecule has 3 heteroatoms. The van der Waals surface area contributed by atoms with Crippen LogP contribution in [0.15, 0.2) is 30.3 Å². The summed E-state index contributed by atoms with van der Waals surface area (Å²) in [5.41, 5.74) is 1.42. The topological polar surface area (TPSA) is 35.0 Å². The Kier molecular flexibility index (Phi) is 36.3. The molecule has 0 amide bonds. The molecule has 0 radical (unpaired) electrons. The van der Waals surface area contributed by atoms with Crippen molar-refractivity contribution < 1.29 is 0 Å². The number of rotatable bonds is 18. The predicted molar refractivity (Wildman–Crippen MR) is 143 cm³/mol. The van der Waals surface area contributed by atoms with Crippen LogP contribution >= 0.6 is 12.4 Å². The summed E-state index contributed by atoms with van der Waals surface area (Å²) in [6.45, 7) is 4.59. The van der Waals surface area contributed by atoms with Crippen LogP contribution in [-0.4, -0.2) is 23.1 Å². The van der Waals surface area contributed by atoms with Crippen molar-refractivity contribution in [1.29, 1.82) is 0 Å². The maximum Gasteiger partial charge on any atom is 2.00 e. The summed E-state index contributed by atoms with van der Waals surface area (Å²) in [6.07, 6.45) is 24.4. The van der Waals surface area contributed by atoms with Crippen molar-refractivity contribution in [1.82, 2.24) is 6.15 Å². The van der Waals surface area contributed by atoms with E-state index < -0.39 is 0 Å². The van der Waals surface area contributed by atoms with Crippen LogP contribution in [0.3, 0.4) is 0 Å². The van der Waals surface area contributed by atoms with E-state index >= 15 is 0 Å². The summed E-state index contributed by atoms with van der Waals surface area (Å²) >= 11 is 0. The number of hydrogen-bond acceptors (Lipinski definition) is 1. The number of halogens is 1. The van der Waals surface area contributed by atoms with Crippen LogP contribution in [0.25, 0.3) is 0 Å². The molecule has 0 heterocycles. The zero-order valence-electron chi connectivity index (χ0n) is 20.7. The maximum atomic E-state index is 2.30. The van der Waals surface area contributed by atoms with Crippen LogP contribution in [0.5, 0.6) is 0 Å². The van der Waals surface area contributed by atoms with Gasteiger partial charge in [-0.1, -0.05) is 129 Å². The van der Waals surface area contributed by atoms with Crippen LogP contribution in [0.4, 0.5) is 0 Å². The Bertz CT molecular complexity index is 399. The molecule has 0 aliphatic heterocycles. The Balaban J connectivity index is -0.000000845. The van der Waals surface area contributed by atoms with Crippen LogP contribution < -0.4 is 6.15 Å². The second-order valence-corrected chi connectivity index (χ2v) is 8.20. The summed E-state index contributed by atoms with van der Waals surface area (Å²) in [6, 6.07) is 10.9. The van der Waals surface area contributed by atoms with Crippen molar-refractivity contribution in [2.24, 2.45) is 0 Å². The van der Waals surface area contributed by atoms with E-state index in [4.69, 9.17) is 0 Å². The van der Waals surface area contributed by atoms with Gasteiger partial charge in [0.05, 0.1) is 0 Å². The molecular weight excluding hydrogens is 398 g/mol. The van der Waals surface area contributed by atoms with Crippen molar-refractivity contribution in [2.45, 2.75) is 123 Å². The molecule has 0 saturated heterocycles. The van der Waals surface area contributed by atoms with Crippen molar-refractivity contribution in [3.8, 4) is 0 Å². The molecule has 0 fully saturated rings. The first kappa shape index (κ1) is 37.4. The Labute approximate surface area is 213 Å². The summed E-state index contributed by atoms with van der Waals surface area (Å²) in [5, 5.41) is 0. The average molecular weight is 450 g/mol. The zero-order chi connectivity index (χ0) is 18.7. The molecule has 174 valence electrons. The number of unbranched alkanes of at least 4 members (excludes halogenated alkanes) is 15. The van der Waals surface area contributed by atoms with Gasteiger partial charge in [0, 0.05) is 0 Å². The van der Waals surface area contributed by atoms with Gasteiger partial charge in [-0.15, -0.1) is 24.5 Å². The third kappa shape index (κ3) is 22.8.